The van der Waals surface area contributed by atoms with Crippen LogP contribution in [0, 0.1) is 16.7 Å². The van der Waals surface area contributed by atoms with Gasteiger partial charge in [0.1, 0.15) is 5.75 Å². The molecule has 2 heteroatoms. The van der Waals surface area contributed by atoms with Crippen LogP contribution in [0.25, 0.3) is 0 Å². The van der Waals surface area contributed by atoms with Gasteiger partial charge < -0.3 is 10.1 Å². The second-order valence-electron chi connectivity index (χ2n) is 7.39. The predicted molar refractivity (Wildman–Crippen MR) is 82.9 cm³/mol. The quantitative estimate of drug-likeness (QED) is 0.895. The predicted octanol–water partition coefficient (Wildman–Crippen LogP) is 4.00. The van der Waals surface area contributed by atoms with Crippen LogP contribution >= 0.6 is 0 Å². The van der Waals surface area contributed by atoms with E-state index in [0.717, 1.165) is 18.2 Å². The molecule has 0 radical (unpaired) electrons. The Morgan fingerprint density at radius 2 is 1.90 bits per heavy atom. The normalized spacial score (nSPS) is 34.4. The molecule has 2 aliphatic carbocycles. The summed E-state index contributed by atoms with van der Waals surface area (Å²) >= 11 is 0. The lowest BCUT2D eigenvalue weighted by atomic mass is 9.69. The summed E-state index contributed by atoms with van der Waals surface area (Å²) in [6.45, 7) is 8.40. The second-order valence-corrected chi connectivity index (χ2v) is 7.39. The minimum Gasteiger partial charge on any atom is -0.497 e. The highest BCUT2D eigenvalue weighted by Crippen LogP contribution is 2.65. The van der Waals surface area contributed by atoms with Gasteiger partial charge in [-0.25, -0.2) is 0 Å². The Kier molecular flexibility index (Phi) is 3.32. The third-order valence-electron chi connectivity index (χ3n) is 6.51. The molecule has 1 N–H and O–H groups in total. The van der Waals surface area contributed by atoms with Gasteiger partial charge in [-0.1, -0.05) is 32.9 Å². The van der Waals surface area contributed by atoms with Gasteiger partial charge in [-0.15, -0.1) is 0 Å². The van der Waals surface area contributed by atoms with E-state index in [1.165, 1.54) is 24.8 Å². The van der Waals surface area contributed by atoms with Gasteiger partial charge in [-0.05, 0) is 53.7 Å². The summed E-state index contributed by atoms with van der Waals surface area (Å²) in [5.41, 5.74) is 2.30. The van der Waals surface area contributed by atoms with E-state index in [9.17, 15) is 0 Å². The first-order chi connectivity index (χ1) is 9.47. The highest BCUT2D eigenvalue weighted by Gasteiger charge is 2.60. The Balaban J connectivity index is 1.65. The fraction of sp³-hybridized carbons (Fsp3) is 0.667. The molecule has 3 atom stereocenters. The van der Waals surface area contributed by atoms with Crippen LogP contribution in [0.3, 0.4) is 0 Å². The molecule has 1 aromatic carbocycles. The van der Waals surface area contributed by atoms with Gasteiger partial charge in [0.25, 0.3) is 0 Å². The lowest BCUT2D eigenvalue weighted by Gasteiger charge is -2.39. The number of benzene rings is 1. The van der Waals surface area contributed by atoms with E-state index in [2.05, 4.69) is 38.2 Å². The molecule has 0 aliphatic heterocycles. The van der Waals surface area contributed by atoms with Gasteiger partial charge in [0.15, 0.2) is 0 Å². The lowest BCUT2D eigenvalue weighted by Crippen LogP contribution is -2.44. The SMILES string of the molecule is COc1ccc(CNC2CC3CCC2(C)C3(C)C)cc1. The average Bonchev–Trinajstić information content (AvgIpc) is 2.78. The van der Waals surface area contributed by atoms with E-state index >= 15 is 0 Å². The molecule has 2 nitrogen and oxygen atoms in total. The first kappa shape index (κ1) is 13.9. The number of nitrogens with one attached hydrogen (secondary N) is 1. The molecule has 3 rings (SSSR count). The monoisotopic (exact) mass is 273 g/mol. The summed E-state index contributed by atoms with van der Waals surface area (Å²) in [5, 5.41) is 3.82. The van der Waals surface area contributed by atoms with E-state index in [4.69, 9.17) is 4.74 Å². The van der Waals surface area contributed by atoms with Crippen LogP contribution in [0.2, 0.25) is 0 Å². The minimum absolute atomic E-state index is 0.462. The smallest absolute Gasteiger partial charge is 0.118 e. The van der Waals surface area contributed by atoms with Crippen LogP contribution < -0.4 is 10.1 Å². The zero-order chi connectivity index (χ0) is 14.4. The summed E-state index contributed by atoms with van der Waals surface area (Å²) in [6, 6.07) is 9.07. The van der Waals surface area contributed by atoms with E-state index in [1.54, 1.807) is 7.11 Å². The molecule has 0 spiro atoms. The van der Waals surface area contributed by atoms with E-state index in [0.29, 0.717) is 16.9 Å². The van der Waals surface area contributed by atoms with Gasteiger partial charge in [0.05, 0.1) is 7.11 Å². The van der Waals surface area contributed by atoms with E-state index < -0.39 is 0 Å². The van der Waals surface area contributed by atoms with Gasteiger partial charge in [0, 0.05) is 12.6 Å². The fourth-order valence-corrected chi connectivity index (χ4v) is 4.50. The maximum absolute atomic E-state index is 5.21. The average molecular weight is 273 g/mol. The molecule has 20 heavy (non-hydrogen) atoms. The molecule has 0 saturated heterocycles. The summed E-state index contributed by atoms with van der Waals surface area (Å²) < 4.78 is 5.21. The van der Waals surface area contributed by atoms with Crippen molar-refractivity contribution >= 4 is 0 Å². The molecule has 2 bridgehead atoms. The van der Waals surface area contributed by atoms with Crippen LogP contribution in [0.15, 0.2) is 24.3 Å². The third-order valence-corrected chi connectivity index (χ3v) is 6.51. The molecular weight excluding hydrogens is 246 g/mol. The van der Waals surface area contributed by atoms with Crippen molar-refractivity contribution in [3.05, 3.63) is 29.8 Å². The molecule has 0 heterocycles. The Labute approximate surface area is 122 Å². The van der Waals surface area contributed by atoms with Crippen molar-refractivity contribution < 1.29 is 4.74 Å². The maximum Gasteiger partial charge on any atom is 0.118 e. The van der Waals surface area contributed by atoms with Gasteiger partial charge in [0.2, 0.25) is 0 Å². The summed E-state index contributed by atoms with van der Waals surface area (Å²) in [5.74, 6) is 1.84. The molecule has 2 fully saturated rings. The molecule has 110 valence electrons. The zero-order valence-electron chi connectivity index (χ0n) is 13.2. The minimum atomic E-state index is 0.462. The lowest BCUT2D eigenvalue weighted by molar-refractivity contribution is 0.120. The summed E-state index contributed by atoms with van der Waals surface area (Å²) in [4.78, 5) is 0. The number of hydrogen-bond acceptors (Lipinski definition) is 2. The van der Waals surface area contributed by atoms with Crippen molar-refractivity contribution in [2.45, 2.75) is 52.6 Å². The van der Waals surface area contributed by atoms with Gasteiger partial charge >= 0.3 is 0 Å². The number of ether oxygens (including phenoxy) is 1. The number of hydrogen-bond donors (Lipinski definition) is 1. The van der Waals surface area contributed by atoms with Crippen LogP contribution in [0.5, 0.6) is 5.75 Å². The molecule has 3 unspecified atom stereocenters. The van der Waals surface area contributed by atoms with Crippen molar-refractivity contribution in [2.75, 3.05) is 7.11 Å². The highest BCUT2D eigenvalue weighted by molar-refractivity contribution is 5.27. The van der Waals surface area contributed by atoms with E-state index in [-0.39, 0.29) is 0 Å². The highest BCUT2D eigenvalue weighted by atomic mass is 16.5. The van der Waals surface area contributed by atoms with Crippen LogP contribution in [0.4, 0.5) is 0 Å². The number of rotatable bonds is 4. The standard InChI is InChI=1S/C18H27NO/c1-17(2)14-9-10-18(17,3)16(11-14)19-12-13-5-7-15(20-4)8-6-13/h5-8,14,16,19H,9-12H2,1-4H3. The molecule has 1 aromatic rings. The summed E-state index contributed by atoms with van der Waals surface area (Å²) in [7, 11) is 1.71. The van der Waals surface area contributed by atoms with Crippen LogP contribution in [0.1, 0.15) is 45.6 Å². The Morgan fingerprint density at radius 3 is 2.40 bits per heavy atom. The number of methoxy groups -OCH3 is 1. The van der Waals surface area contributed by atoms with Gasteiger partial charge in [-0.2, -0.15) is 0 Å². The topological polar surface area (TPSA) is 21.3 Å². The van der Waals surface area contributed by atoms with E-state index in [1.807, 2.05) is 12.1 Å². The van der Waals surface area contributed by atoms with Crippen molar-refractivity contribution in [1.29, 1.82) is 0 Å². The summed E-state index contributed by atoms with van der Waals surface area (Å²) in [6.07, 6.45) is 4.15. The molecular formula is C18H27NO. The van der Waals surface area contributed by atoms with Crippen molar-refractivity contribution in [1.82, 2.24) is 5.32 Å². The third kappa shape index (κ3) is 1.96. The zero-order valence-corrected chi connectivity index (χ0v) is 13.2. The molecule has 0 aromatic heterocycles. The Morgan fingerprint density at radius 1 is 1.20 bits per heavy atom. The first-order valence-corrected chi connectivity index (χ1v) is 7.84. The van der Waals surface area contributed by atoms with Crippen molar-refractivity contribution in [2.24, 2.45) is 16.7 Å². The van der Waals surface area contributed by atoms with Crippen LogP contribution in [-0.4, -0.2) is 13.2 Å². The number of fused-ring (bicyclic) bond motifs is 2. The van der Waals surface area contributed by atoms with Gasteiger partial charge in [-0.3, -0.25) is 0 Å². The Bertz CT molecular complexity index is 479. The molecule has 0 amide bonds. The molecule has 2 aliphatic rings. The van der Waals surface area contributed by atoms with Crippen LogP contribution in [-0.2, 0) is 6.54 Å². The first-order valence-electron chi connectivity index (χ1n) is 7.84. The maximum atomic E-state index is 5.21. The van der Waals surface area contributed by atoms with Crippen molar-refractivity contribution in [3.8, 4) is 5.75 Å². The fourth-order valence-electron chi connectivity index (χ4n) is 4.50. The largest absolute Gasteiger partial charge is 0.497 e. The van der Waals surface area contributed by atoms with Crippen molar-refractivity contribution in [3.63, 3.8) is 0 Å². The molecule has 2 saturated carbocycles. The Hall–Kier alpha value is -1.02. The second kappa shape index (κ2) is 4.77.